The Morgan fingerprint density at radius 2 is 2.13 bits per heavy atom. The summed E-state index contributed by atoms with van der Waals surface area (Å²) in [5.74, 6) is -0.541. The van der Waals surface area contributed by atoms with Crippen molar-refractivity contribution >= 4 is 22.4 Å². The lowest BCUT2D eigenvalue weighted by Gasteiger charge is -2.09. The van der Waals surface area contributed by atoms with Gasteiger partial charge in [0.15, 0.2) is 6.61 Å². The van der Waals surface area contributed by atoms with Gasteiger partial charge in [-0.05, 0) is 24.6 Å². The standard InChI is InChI=1S/C14H14F3N3O2S/c1-2-4-12-19-20-13(23-12)18-11(21)8-22-10-6-3-5-9(7-10)14(15,16)17/h3,5-7H,2,4,8H2,1H3,(H,18,20,21). The highest BCUT2D eigenvalue weighted by atomic mass is 32.1. The van der Waals surface area contributed by atoms with E-state index < -0.39 is 24.3 Å². The Labute approximate surface area is 134 Å². The summed E-state index contributed by atoms with van der Waals surface area (Å²) in [5.41, 5.74) is -0.830. The average molecular weight is 345 g/mol. The lowest BCUT2D eigenvalue weighted by Crippen LogP contribution is -2.20. The van der Waals surface area contributed by atoms with E-state index in [0.717, 1.165) is 30.0 Å². The quantitative estimate of drug-likeness (QED) is 0.870. The molecular formula is C14H14F3N3O2S. The summed E-state index contributed by atoms with van der Waals surface area (Å²) in [6.07, 6.45) is -2.76. The molecule has 0 saturated carbocycles. The number of ether oxygens (including phenoxy) is 1. The van der Waals surface area contributed by atoms with Crippen LogP contribution < -0.4 is 10.1 Å². The molecule has 0 aliphatic carbocycles. The summed E-state index contributed by atoms with van der Waals surface area (Å²) in [4.78, 5) is 11.7. The van der Waals surface area contributed by atoms with E-state index in [0.29, 0.717) is 5.13 Å². The molecule has 0 aliphatic heterocycles. The van der Waals surface area contributed by atoms with E-state index in [9.17, 15) is 18.0 Å². The van der Waals surface area contributed by atoms with Gasteiger partial charge in [0.1, 0.15) is 10.8 Å². The van der Waals surface area contributed by atoms with Crippen molar-refractivity contribution in [1.82, 2.24) is 10.2 Å². The number of carbonyl (C=O) groups excluding carboxylic acids is 1. The first-order valence-corrected chi connectivity index (χ1v) is 7.62. The minimum absolute atomic E-state index is 0.0288. The molecule has 2 rings (SSSR count). The van der Waals surface area contributed by atoms with E-state index in [-0.39, 0.29) is 5.75 Å². The van der Waals surface area contributed by atoms with Crippen molar-refractivity contribution in [1.29, 1.82) is 0 Å². The second kappa shape index (κ2) is 7.40. The average Bonchev–Trinajstić information content (AvgIpc) is 2.92. The highest BCUT2D eigenvalue weighted by molar-refractivity contribution is 7.15. The third-order valence-corrected chi connectivity index (χ3v) is 3.61. The Bertz CT molecular complexity index is 673. The highest BCUT2D eigenvalue weighted by Gasteiger charge is 2.30. The van der Waals surface area contributed by atoms with Crippen LogP contribution in [0.5, 0.6) is 5.75 Å². The predicted octanol–water partition coefficient (Wildman–Crippen LogP) is 3.53. The Morgan fingerprint density at radius 3 is 2.83 bits per heavy atom. The first kappa shape index (κ1) is 17.2. The van der Waals surface area contributed by atoms with E-state index in [1.54, 1.807) is 0 Å². The van der Waals surface area contributed by atoms with E-state index >= 15 is 0 Å². The largest absolute Gasteiger partial charge is 0.484 e. The predicted molar refractivity (Wildman–Crippen MR) is 79.5 cm³/mol. The van der Waals surface area contributed by atoms with Gasteiger partial charge in [0.25, 0.3) is 5.91 Å². The van der Waals surface area contributed by atoms with Crippen molar-refractivity contribution in [3.63, 3.8) is 0 Å². The van der Waals surface area contributed by atoms with E-state index in [2.05, 4.69) is 15.5 Å². The molecule has 1 heterocycles. The van der Waals surface area contributed by atoms with Gasteiger partial charge in [0.05, 0.1) is 5.56 Å². The molecule has 2 aromatic rings. The molecule has 23 heavy (non-hydrogen) atoms. The van der Waals surface area contributed by atoms with Gasteiger partial charge in [-0.1, -0.05) is 24.3 Å². The topological polar surface area (TPSA) is 64.1 Å². The summed E-state index contributed by atoms with van der Waals surface area (Å²) < 4.78 is 42.8. The number of rotatable bonds is 6. The molecule has 0 aliphatic rings. The van der Waals surface area contributed by atoms with Gasteiger partial charge in [-0.15, -0.1) is 10.2 Å². The molecule has 0 unspecified atom stereocenters. The van der Waals surface area contributed by atoms with Crippen LogP contribution in [0.25, 0.3) is 0 Å². The molecule has 0 spiro atoms. The molecule has 0 fully saturated rings. The molecule has 124 valence electrons. The van der Waals surface area contributed by atoms with Crippen LogP contribution in [0.4, 0.5) is 18.3 Å². The number of nitrogens with one attached hydrogen (secondary N) is 1. The fourth-order valence-corrected chi connectivity index (χ4v) is 2.54. The Balaban J connectivity index is 1.89. The zero-order valence-corrected chi connectivity index (χ0v) is 13.0. The maximum absolute atomic E-state index is 12.6. The number of nitrogens with zero attached hydrogens (tertiary/aromatic N) is 2. The minimum atomic E-state index is -4.45. The summed E-state index contributed by atoms with van der Waals surface area (Å²) in [6, 6.07) is 4.35. The second-order valence-electron chi connectivity index (χ2n) is 4.61. The molecule has 0 radical (unpaired) electrons. The minimum Gasteiger partial charge on any atom is -0.484 e. The fraction of sp³-hybridized carbons (Fsp3) is 0.357. The molecular weight excluding hydrogens is 331 g/mol. The van der Waals surface area contributed by atoms with Gasteiger partial charge >= 0.3 is 6.18 Å². The molecule has 5 nitrogen and oxygen atoms in total. The molecule has 1 aromatic carbocycles. The number of halogens is 3. The van der Waals surface area contributed by atoms with Crippen LogP contribution in [0.2, 0.25) is 0 Å². The van der Waals surface area contributed by atoms with Crippen LogP contribution >= 0.6 is 11.3 Å². The zero-order valence-electron chi connectivity index (χ0n) is 12.2. The molecule has 0 atom stereocenters. The monoisotopic (exact) mass is 345 g/mol. The summed E-state index contributed by atoms with van der Waals surface area (Å²) >= 11 is 1.25. The number of benzene rings is 1. The first-order valence-electron chi connectivity index (χ1n) is 6.80. The van der Waals surface area contributed by atoms with Crippen LogP contribution in [-0.4, -0.2) is 22.7 Å². The first-order chi connectivity index (χ1) is 10.9. The van der Waals surface area contributed by atoms with Gasteiger partial charge in [-0.3, -0.25) is 10.1 Å². The van der Waals surface area contributed by atoms with Crippen molar-refractivity contribution in [2.45, 2.75) is 25.9 Å². The van der Waals surface area contributed by atoms with Crippen LogP contribution in [0.3, 0.4) is 0 Å². The van der Waals surface area contributed by atoms with E-state index in [4.69, 9.17) is 4.74 Å². The summed E-state index contributed by atoms with van der Waals surface area (Å²) in [7, 11) is 0. The van der Waals surface area contributed by atoms with Crippen LogP contribution in [-0.2, 0) is 17.4 Å². The Morgan fingerprint density at radius 1 is 1.35 bits per heavy atom. The van der Waals surface area contributed by atoms with Crippen molar-refractivity contribution in [3.05, 3.63) is 34.8 Å². The molecule has 0 saturated heterocycles. The number of carbonyl (C=O) groups is 1. The SMILES string of the molecule is CCCc1nnc(NC(=O)COc2cccc(C(F)(F)F)c2)s1. The van der Waals surface area contributed by atoms with Crippen molar-refractivity contribution in [3.8, 4) is 5.75 Å². The lowest BCUT2D eigenvalue weighted by molar-refractivity contribution is -0.137. The lowest BCUT2D eigenvalue weighted by atomic mass is 10.2. The van der Waals surface area contributed by atoms with Crippen molar-refractivity contribution in [2.75, 3.05) is 11.9 Å². The smallest absolute Gasteiger partial charge is 0.416 e. The van der Waals surface area contributed by atoms with Gasteiger partial charge in [0.2, 0.25) is 5.13 Å². The number of aromatic nitrogens is 2. The third-order valence-electron chi connectivity index (χ3n) is 2.71. The molecule has 1 aromatic heterocycles. The maximum Gasteiger partial charge on any atom is 0.416 e. The van der Waals surface area contributed by atoms with Gasteiger partial charge < -0.3 is 4.74 Å². The number of amides is 1. The van der Waals surface area contributed by atoms with Gasteiger partial charge in [-0.25, -0.2) is 0 Å². The maximum atomic E-state index is 12.6. The number of hydrogen-bond acceptors (Lipinski definition) is 5. The Hall–Kier alpha value is -2.16. The van der Waals surface area contributed by atoms with Gasteiger partial charge in [0, 0.05) is 6.42 Å². The third kappa shape index (κ3) is 5.20. The van der Waals surface area contributed by atoms with Crippen LogP contribution in [0, 0.1) is 0 Å². The summed E-state index contributed by atoms with van der Waals surface area (Å²) in [6.45, 7) is 1.59. The van der Waals surface area contributed by atoms with Crippen molar-refractivity contribution in [2.24, 2.45) is 0 Å². The molecule has 0 bridgehead atoms. The fourth-order valence-electron chi connectivity index (χ4n) is 1.69. The summed E-state index contributed by atoms with van der Waals surface area (Å²) in [5, 5.41) is 11.4. The molecule has 1 N–H and O–H groups in total. The second-order valence-corrected chi connectivity index (χ2v) is 5.68. The van der Waals surface area contributed by atoms with E-state index in [1.165, 1.54) is 23.5 Å². The molecule has 1 amide bonds. The van der Waals surface area contributed by atoms with E-state index in [1.807, 2.05) is 6.92 Å². The number of aryl methyl sites for hydroxylation is 1. The van der Waals surface area contributed by atoms with Crippen molar-refractivity contribution < 1.29 is 22.7 Å². The number of anilines is 1. The molecule has 9 heteroatoms. The highest BCUT2D eigenvalue weighted by Crippen LogP contribution is 2.31. The van der Waals surface area contributed by atoms with Gasteiger partial charge in [-0.2, -0.15) is 13.2 Å². The van der Waals surface area contributed by atoms with Crippen LogP contribution in [0.1, 0.15) is 23.9 Å². The van der Waals surface area contributed by atoms with Crippen LogP contribution in [0.15, 0.2) is 24.3 Å². The zero-order chi connectivity index (χ0) is 16.9. The number of alkyl halides is 3. The normalized spacial score (nSPS) is 11.3. The number of hydrogen-bond donors (Lipinski definition) is 1. The Kier molecular flexibility index (Phi) is 5.54.